The van der Waals surface area contributed by atoms with Crippen LogP contribution in [0, 0.1) is 11.8 Å². The molecule has 0 aromatic rings. The maximum Gasteiger partial charge on any atom is 0.0126 e. The lowest BCUT2D eigenvalue weighted by molar-refractivity contribution is 0.0144. The fourth-order valence-corrected chi connectivity index (χ4v) is 3.99. The summed E-state index contributed by atoms with van der Waals surface area (Å²) >= 11 is 0. The molecule has 100 valence electrons. The summed E-state index contributed by atoms with van der Waals surface area (Å²) in [5, 5.41) is 3.33. The zero-order valence-electron chi connectivity index (χ0n) is 11.9. The van der Waals surface area contributed by atoms with Gasteiger partial charge < -0.3 is 5.32 Å². The summed E-state index contributed by atoms with van der Waals surface area (Å²) in [6, 6.07) is 1.65. The topological polar surface area (TPSA) is 15.3 Å². The van der Waals surface area contributed by atoms with Crippen LogP contribution in [-0.4, -0.2) is 37.1 Å². The first-order valence-corrected chi connectivity index (χ1v) is 7.64. The Balaban J connectivity index is 1.97. The maximum atomic E-state index is 3.33. The smallest absolute Gasteiger partial charge is 0.0126 e. The second-order valence-corrected chi connectivity index (χ2v) is 6.27. The predicted molar refractivity (Wildman–Crippen MR) is 74.2 cm³/mol. The highest BCUT2D eigenvalue weighted by molar-refractivity contribution is 4.90. The molecule has 1 N–H and O–H groups in total. The van der Waals surface area contributed by atoms with Gasteiger partial charge in [0.05, 0.1) is 0 Å². The van der Waals surface area contributed by atoms with Crippen molar-refractivity contribution < 1.29 is 0 Å². The number of nitrogens with zero attached hydrogens (tertiary/aromatic N) is 1. The van der Waals surface area contributed by atoms with Crippen LogP contribution in [0.3, 0.4) is 0 Å². The van der Waals surface area contributed by atoms with Crippen LogP contribution in [0.2, 0.25) is 0 Å². The van der Waals surface area contributed by atoms with Gasteiger partial charge in [-0.15, -0.1) is 0 Å². The van der Waals surface area contributed by atoms with Gasteiger partial charge in [-0.2, -0.15) is 0 Å². The molecular formula is C15H30N2. The van der Waals surface area contributed by atoms with E-state index in [4.69, 9.17) is 0 Å². The van der Waals surface area contributed by atoms with Crippen LogP contribution in [0.1, 0.15) is 52.4 Å². The summed E-state index contributed by atoms with van der Waals surface area (Å²) in [7, 11) is 2.07. The molecule has 4 atom stereocenters. The maximum absolute atomic E-state index is 3.33. The molecule has 1 saturated heterocycles. The molecule has 1 heterocycles. The largest absolute Gasteiger partial charge is 0.319 e. The fraction of sp³-hybridized carbons (Fsp3) is 1.00. The van der Waals surface area contributed by atoms with Crippen molar-refractivity contribution in [2.24, 2.45) is 11.8 Å². The Labute approximate surface area is 107 Å². The monoisotopic (exact) mass is 238 g/mol. The van der Waals surface area contributed by atoms with Gasteiger partial charge >= 0.3 is 0 Å². The van der Waals surface area contributed by atoms with E-state index in [0.29, 0.717) is 0 Å². The highest BCUT2D eigenvalue weighted by atomic mass is 15.2. The van der Waals surface area contributed by atoms with Crippen molar-refractivity contribution in [3.63, 3.8) is 0 Å². The van der Waals surface area contributed by atoms with Crippen LogP contribution in [-0.2, 0) is 0 Å². The molecule has 0 aromatic heterocycles. The summed E-state index contributed by atoms with van der Waals surface area (Å²) in [5.41, 5.74) is 0. The molecule has 0 radical (unpaired) electrons. The second kappa shape index (κ2) is 6.19. The van der Waals surface area contributed by atoms with Gasteiger partial charge in [0.2, 0.25) is 0 Å². The third-order valence-electron chi connectivity index (χ3n) is 5.16. The zero-order chi connectivity index (χ0) is 12.3. The summed E-state index contributed by atoms with van der Waals surface area (Å²) in [6.45, 7) is 7.33. The van der Waals surface area contributed by atoms with E-state index in [0.717, 1.165) is 30.5 Å². The van der Waals surface area contributed by atoms with Gasteiger partial charge in [-0.05, 0) is 64.6 Å². The quantitative estimate of drug-likeness (QED) is 0.810. The van der Waals surface area contributed by atoms with E-state index in [-0.39, 0.29) is 0 Å². The first-order valence-electron chi connectivity index (χ1n) is 7.64. The average Bonchev–Trinajstić information content (AvgIpc) is 2.37. The Morgan fingerprint density at radius 3 is 2.59 bits per heavy atom. The van der Waals surface area contributed by atoms with Crippen LogP contribution in [0.25, 0.3) is 0 Å². The van der Waals surface area contributed by atoms with Crippen LogP contribution >= 0.6 is 0 Å². The van der Waals surface area contributed by atoms with Crippen LogP contribution in [0.15, 0.2) is 0 Å². The number of piperidine rings is 1. The summed E-state index contributed by atoms with van der Waals surface area (Å²) < 4.78 is 0. The molecular weight excluding hydrogens is 208 g/mol. The molecule has 0 bridgehead atoms. The molecule has 1 aliphatic carbocycles. The molecule has 2 rings (SSSR count). The van der Waals surface area contributed by atoms with Crippen molar-refractivity contribution in [2.45, 2.75) is 64.5 Å². The Kier molecular flexibility index (Phi) is 4.87. The van der Waals surface area contributed by atoms with Gasteiger partial charge in [0, 0.05) is 12.1 Å². The van der Waals surface area contributed by atoms with E-state index in [9.17, 15) is 0 Å². The van der Waals surface area contributed by atoms with E-state index in [2.05, 4.69) is 31.1 Å². The van der Waals surface area contributed by atoms with Crippen molar-refractivity contribution in [1.82, 2.24) is 10.2 Å². The van der Waals surface area contributed by atoms with Gasteiger partial charge in [0.1, 0.15) is 0 Å². The van der Waals surface area contributed by atoms with E-state index >= 15 is 0 Å². The van der Waals surface area contributed by atoms with Crippen LogP contribution in [0.4, 0.5) is 0 Å². The first kappa shape index (κ1) is 13.4. The molecule has 17 heavy (non-hydrogen) atoms. The molecule has 0 amide bonds. The van der Waals surface area contributed by atoms with Crippen molar-refractivity contribution >= 4 is 0 Å². The molecule has 2 aliphatic rings. The number of nitrogens with one attached hydrogen (secondary N) is 1. The first-order chi connectivity index (χ1) is 8.24. The summed E-state index contributed by atoms with van der Waals surface area (Å²) in [5.74, 6) is 1.78. The molecule has 4 unspecified atom stereocenters. The van der Waals surface area contributed by atoms with Gasteiger partial charge in [0.15, 0.2) is 0 Å². The lowest BCUT2D eigenvalue weighted by Gasteiger charge is -2.48. The summed E-state index contributed by atoms with van der Waals surface area (Å²) in [6.07, 6.45) is 8.82. The Morgan fingerprint density at radius 2 is 1.82 bits per heavy atom. The van der Waals surface area contributed by atoms with Crippen molar-refractivity contribution in [3.05, 3.63) is 0 Å². The number of hydrogen-bond donors (Lipinski definition) is 1. The minimum Gasteiger partial charge on any atom is -0.319 e. The lowest BCUT2D eigenvalue weighted by Crippen LogP contribution is -2.53. The van der Waals surface area contributed by atoms with Crippen molar-refractivity contribution in [1.29, 1.82) is 0 Å². The predicted octanol–water partition coefficient (Wildman–Crippen LogP) is 2.89. The third-order valence-corrected chi connectivity index (χ3v) is 5.16. The molecule has 1 aliphatic heterocycles. The van der Waals surface area contributed by atoms with E-state index in [1.54, 1.807) is 0 Å². The zero-order valence-corrected chi connectivity index (χ0v) is 11.9. The van der Waals surface area contributed by atoms with Gasteiger partial charge in [-0.1, -0.05) is 19.8 Å². The Morgan fingerprint density at radius 1 is 1.12 bits per heavy atom. The van der Waals surface area contributed by atoms with Crippen LogP contribution in [0.5, 0.6) is 0 Å². The molecule has 2 heteroatoms. The van der Waals surface area contributed by atoms with Crippen molar-refractivity contribution in [3.8, 4) is 0 Å². The highest BCUT2D eigenvalue weighted by Crippen LogP contribution is 2.37. The molecule has 0 spiro atoms. The standard InChI is InChI=1S/C15H30N2/c1-12(11-16-3)13(2)17-10-6-8-14-7-4-5-9-15(14)17/h12-16H,4-11H2,1-3H3. The number of hydrogen-bond acceptors (Lipinski definition) is 2. The van der Waals surface area contributed by atoms with E-state index < -0.39 is 0 Å². The molecule has 0 aromatic carbocycles. The lowest BCUT2D eigenvalue weighted by atomic mass is 9.77. The number of likely N-dealkylation sites (tertiary alicyclic amines) is 1. The van der Waals surface area contributed by atoms with Crippen molar-refractivity contribution in [2.75, 3.05) is 20.1 Å². The fourth-order valence-electron chi connectivity index (χ4n) is 3.99. The minimum absolute atomic E-state index is 0.744. The van der Waals surface area contributed by atoms with Crippen LogP contribution < -0.4 is 5.32 Å². The minimum atomic E-state index is 0.744. The van der Waals surface area contributed by atoms with E-state index in [1.165, 1.54) is 45.1 Å². The van der Waals surface area contributed by atoms with Gasteiger partial charge in [-0.25, -0.2) is 0 Å². The Hall–Kier alpha value is -0.0800. The average molecular weight is 238 g/mol. The number of rotatable bonds is 4. The molecule has 2 fully saturated rings. The second-order valence-electron chi connectivity index (χ2n) is 6.27. The normalized spacial score (nSPS) is 34.1. The Bertz CT molecular complexity index is 227. The number of fused-ring (bicyclic) bond motifs is 1. The van der Waals surface area contributed by atoms with Gasteiger partial charge in [-0.3, -0.25) is 4.90 Å². The third kappa shape index (κ3) is 3.03. The SMILES string of the molecule is CNCC(C)C(C)N1CCCC2CCCCC21. The highest BCUT2D eigenvalue weighted by Gasteiger charge is 2.36. The summed E-state index contributed by atoms with van der Waals surface area (Å²) in [4.78, 5) is 2.84. The molecule has 1 saturated carbocycles. The van der Waals surface area contributed by atoms with E-state index in [1.807, 2.05) is 0 Å². The van der Waals surface area contributed by atoms with Gasteiger partial charge in [0.25, 0.3) is 0 Å². The molecule has 2 nitrogen and oxygen atoms in total.